The first kappa shape index (κ1) is 20.4. The van der Waals surface area contributed by atoms with Crippen molar-refractivity contribution in [3.05, 3.63) is 40.4 Å². The summed E-state index contributed by atoms with van der Waals surface area (Å²) in [6.07, 6.45) is 3.42. The first-order valence-electron chi connectivity index (χ1n) is 9.41. The first-order chi connectivity index (χ1) is 14.5. The molecule has 1 aromatic carbocycles. The molecule has 1 saturated heterocycles. The number of benzene rings is 1. The van der Waals surface area contributed by atoms with E-state index in [2.05, 4.69) is 30.5 Å². The third-order valence-electron chi connectivity index (χ3n) is 4.86. The second-order valence-electron chi connectivity index (χ2n) is 6.91. The number of anilines is 1. The Morgan fingerprint density at radius 1 is 1.23 bits per heavy atom. The van der Waals surface area contributed by atoms with Gasteiger partial charge in [0.15, 0.2) is 17.5 Å². The third kappa shape index (κ3) is 4.62. The fraction of sp³-hybridized carbons (Fsp3) is 0.368. The summed E-state index contributed by atoms with van der Waals surface area (Å²) in [5.41, 5.74) is 0.241. The molecule has 30 heavy (non-hydrogen) atoms. The van der Waals surface area contributed by atoms with Crippen LogP contribution in [0.25, 0.3) is 11.0 Å². The Balaban J connectivity index is 1.37. The standard InChI is InChI=1S/C19H20F2N6O2S/c1-29-18-17(24-14-8-12(20)13(21)9-15(14)25-18)26-19(28)23-11-2-5-27(6-3-11)10-16-22-4-7-30-16/h4,7-9,11H,2-3,5-6,10H2,1H3,(H2,23,24,26,28). The van der Waals surface area contributed by atoms with Crippen LogP contribution in [0.5, 0.6) is 5.88 Å². The van der Waals surface area contributed by atoms with E-state index in [9.17, 15) is 13.6 Å². The van der Waals surface area contributed by atoms with Crippen molar-refractivity contribution in [2.24, 2.45) is 0 Å². The summed E-state index contributed by atoms with van der Waals surface area (Å²) in [7, 11) is 1.36. The number of piperidine rings is 1. The Hall–Kier alpha value is -2.92. The quantitative estimate of drug-likeness (QED) is 0.641. The number of aromatic nitrogens is 3. The normalized spacial score (nSPS) is 15.3. The first-order valence-corrected chi connectivity index (χ1v) is 10.3. The van der Waals surface area contributed by atoms with Crippen LogP contribution in [0.2, 0.25) is 0 Å². The second-order valence-corrected chi connectivity index (χ2v) is 7.89. The number of ether oxygens (including phenoxy) is 1. The number of amides is 2. The minimum absolute atomic E-state index is 0.0157. The molecule has 11 heteroatoms. The molecule has 0 bridgehead atoms. The number of rotatable bonds is 5. The molecule has 0 unspecified atom stereocenters. The average Bonchev–Trinajstić information content (AvgIpc) is 3.23. The summed E-state index contributed by atoms with van der Waals surface area (Å²) in [6, 6.07) is 1.42. The number of hydrogen-bond acceptors (Lipinski definition) is 7. The third-order valence-corrected chi connectivity index (χ3v) is 5.63. The molecular formula is C19H20F2N6O2S. The molecule has 158 valence electrons. The molecular weight excluding hydrogens is 414 g/mol. The van der Waals surface area contributed by atoms with Gasteiger partial charge in [-0.15, -0.1) is 11.3 Å². The SMILES string of the molecule is COc1nc2cc(F)c(F)cc2nc1NC(=O)NC1CCN(Cc2nccs2)CC1. The van der Waals surface area contributed by atoms with Gasteiger partial charge in [-0.2, -0.15) is 0 Å². The molecule has 2 N–H and O–H groups in total. The molecule has 3 heterocycles. The fourth-order valence-electron chi connectivity index (χ4n) is 3.35. The largest absolute Gasteiger partial charge is 0.478 e. The summed E-state index contributed by atoms with van der Waals surface area (Å²) in [5.74, 6) is -2.02. The highest BCUT2D eigenvalue weighted by Gasteiger charge is 2.22. The summed E-state index contributed by atoms with van der Waals surface area (Å²) in [4.78, 5) is 27.3. The van der Waals surface area contributed by atoms with E-state index in [1.165, 1.54) is 7.11 Å². The number of fused-ring (bicyclic) bond motifs is 1. The van der Waals surface area contributed by atoms with E-state index in [4.69, 9.17) is 4.74 Å². The molecule has 8 nitrogen and oxygen atoms in total. The number of hydrogen-bond donors (Lipinski definition) is 2. The van der Waals surface area contributed by atoms with Gasteiger partial charge in [-0.3, -0.25) is 10.2 Å². The number of carbonyl (C=O) groups excluding carboxylic acids is 1. The van der Waals surface area contributed by atoms with Crippen LogP contribution in [-0.2, 0) is 6.54 Å². The van der Waals surface area contributed by atoms with Crippen molar-refractivity contribution in [1.29, 1.82) is 0 Å². The Bertz CT molecular complexity index is 1040. The molecule has 2 aromatic heterocycles. The van der Waals surface area contributed by atoms with E-state index < -0.39 is 17.7 Å². The number of thiazole rings is 1. The van der Waals surface area contributed by atoms with Crippen LogP contribution in [-0.4, -0.2) is 52.1 Å². The van der Waals surface area contributed by atoms with Gasteiger partial charge in [0.1, 0.15) is 5.01 Å². The molecule has 2 amide bonds. The van der Waals surface area contributed by atoms with E-state index in [0.29, 0.717) is 0 Å². The highest BCUT2D eigenvalue weighted by molar-refractivity contribution is 7.09. The molecule has 0 atom stereocenters. The zero-order valence-electron chi connectivity index (χ0n) is 16.2. The maximum Gasteiger partial charge on any atom is 0.320 e. The van der Waals surface area contributed by atoms with E-state index in [0.717, 1.165) is 49.6 Å². The molecule has 0 aliphatic carbocycles. The van der Waals surface area contributed by atoms with Gasteiger partial charge >= 0.3 is 6.03 Å². The van der Waals surface area contributed by atoms with Crippen molar-refractivity contribution in [1.82, 2.24) is 25.2 Å². The molecule has 0 radical (unpaired) electrons. The van der Waals surface area contributed by atoms with E-state index in [-0.39, 0.29) is 28.8 Å². The van der Waals surface area contributed by atoms with Gasteiger partial charge in [-0.05, 0) is 12.8 Å². The van der Waals surface area contributed by atoms with Crippen LogP contribution in [0.15, 0.2) is 23.7 Å². The Morgan fingerprint density at radius 3 is 2.57 bits per heavy atom. The van der Waals surface area contributed by atoms with Crippen molar-refractivity contribution in [2.45, 2.75) is 25.4 Å². The van der Waals surface area contributed by atoms with Crippen molar-refractivity contribution in [3.8, 4) is 5.88 Å². The zero-order valence-corrected chi connectivity index (χ0v) is 17.0. The van der Waals surface area contributed by atoms with Crippen LogP contribution in [0.3, 0.4) is 0 Å². The Morgan fingerprint density at radius 2 is 1.93 bits per heavy atom. The van der Waals surface area contributed by atoms with Crippen molar-refractivity contribution in [3.63, 3.8) is 0 Å². The molecule has 4 rings (SSSR count). The highest BCUT2D eigenvalue weighted by atomic mass is 32.1. The fourth-order valence-corrected chi connectivity index (χ4v) is 4.00. The predicted octanol–water partition coefficient (Wildman–Crippen LogP) is 3.16. The topological polar surface area (TPSA) is 92.3 Å². The van der Waals surface area contributed by atoms with Crippen molar-refractivity contribution >= 4 is 34.2 Å². The average molecular weight is 434 g/mol. The molecule has 0 spiro atoms. The smallest absolute Gasteiger partial charge is 0.320 e. The number of carbonyl (C=O) groups is 1. The lowest BCUT2D eigenvalue weighted by Crippen LogP contribution is -2.45. The number of likely N-dealkylation sites (tertiary alicyclic amines) is 1. The lowest BCUT2D eigenvalue weighted by molar-refractivity contribution is 0.189. The number of urea groups is 1. The molecule has 1 fully saturated rings. The summed E-state index contributed by atoms with van der Waals surface area (Å²) in [6.45, 7) is 2.53. The van der Waals surface area contributed by atoms with E-state index in [1.807, 2.05) is 5.38 Å². The Labute approximate surface area is 175 Å². The van der Waals surface area contributed by atoms with Crippen LogP contribution in [0.1, 0.15) is 17.8 Å². The van der Waals surface area contributed by atoms with Gasteiger partial charge in [0.05, 0.1) is 24.7 Å². The summed E-state index contributed by atoms with van der Waals surface area (Å²) < 4.78 is 32.1. The summed E-state index contributed by atoms with van der Waals surface area (Å²) in [5, 5.41) is 8.56. The number of methoxy groups -OCH3 is 1. The Kier molecular flexibility index (Phi) is 6.00. The van der Waals surface area contributed by atoms with Crippen LogP contribution >= 0.6 is 11.3 Å². The number of nitrogens with zero attached hydrogens (tertiary/aromatic N) is 4. The van der Waals surface area contributed by atoms with Crippen molar-refractivity contribution in [2.75, 3.05) is 25.5 Å². The maximum atomic E-state index is 13.5. The lowest BCUT2D eigenvalue weighted by atomic mass is 10.1. The molecule has 3 aromatic rings. The zero-order chi connectivity index (χ0) is 21.1. The van der Waals surface area contributed by atoms with E-state index >= 15 is 0 Å². The van der Waals surface area contributed by atoms with Crippen LogP contribution < -0.4 is 15.4 Å². The summed E-state index contributed by atoms with van der Waals surface area (Å²) >= 11 is 1.63. The monoisotopic (exact) mass is 434 g/mol. The maximum absolute atomic E-state index is 13.5. The van der Waals surface area contributed by atoms with Gasteiger partial charge in [-0.1, -0.05) is 0 Å². The van der Waals surface area contributed by atoms with Gasteiger partial charge < -0.3 is 10.1 Å². The van der Waals surface area contributed by atoms with Crippen LogP contribution in [0, 0.1) is 11.6 Å². The minimum Gasteiger partial charge on any atom is -0.478 e. The number of nitrogens with one attached hydrogen (secondary N) is 2. The van der Waals surface area contributed by atoms with Crippen LogP contribution in [0.4, 0.5) is 19.4 Å². The molecule has 0 saturated carbocycles. The van der Waals surface area contributed by atoms with Gasteiger partial charge in [0.2, 0.25) is 0 Å². The van der Waals surface area contributed by atoms with Crippen molar-refractivity contribution < 1.29 is 18.3 Å². The van der Waals surface area contributed by atoms with Gasteiger partial charge in [0.25, 0.3) is 5.88 Å². The molecule has 1 aliphatic rings. The lowest BCUT2D eigenvalue weighted by Gasteiger charge is -2.31. The highest BCUT2D eigenvalue weighted by Crippen LogP contribution is 2.25. The second kappa shape index (κ2) is 8.84. The minimum atomic E-state index is -1.04. The predicted molar refractivity (Wildman–Crippen MR) is 109 cm³/mol. The molecule has 1 aliphatic heterocycles. The van der Waals surface area contributed by atoms with E-state index in [1.54, 1.807) is 17.5 Å². The number of halogens is 2. The van der Waals surface area contributed by atoms with Gasteiger partial charge in [0, 0.05) is 42.8 Å². The van der Waals surface area contributed by atoms with Gasteiger partial charge in [-0.25, -0.2) is 28.5 Å².